The Kier molecular flexibility index (Phi) is 6.64. The standard InChI is InChI=1S/C16H25N/c1-3-4-5-6-10-13-16(17)14(2)15-11-8-7-9-12-15/h3,7-9,11-12,14,16H,1,4-6,10,13,17H2,2H3. The molecule has 1 heteroatoms. The van der Waals surface area contributed by atoms with Crippen molar-refractivity contribution in [1.82, 2.24) is 0 Å². The molecule has 0 aliphatic heterocycles. The van der Waals surface area contributed by atoms with Gasteiger partial charge in [-0.15, -0.1) is 6.58 Å². The number of benzene rings is 1. The highest BCUT2D eigenvalue weighted by Crippen LogP contribution is 2.21. The Morgan fingerprint density at radius 3 is 2.53 bits per heavy atom. The summed E-state index contributed by atoms with van der Waals surface area (Å²) in [6.07, 6.45) is 7.98. The molecule has 1 rings (SSSR count). The molecule has 2 atom stereocenters. The Balaban J connectivity index is 2.27. The van der Waals surface area contributed by atoms with Gasteiger partial charge in [0, 0.05) is 6.04 Å². The van der Waals surface area contributed by atoms with Crippen LogP contribution < -0.4 is 5.73 Å². The second kappa shape index (κ2) is 8.08. The van der Waals surface area contributed by atoms with Crippen molar-refractivity contribution in [3.05, 3.63) is 48.6 Å². The number of unbranched alkanes of at least 4 members (excludes halogenated alkanes) is 3. The molecule has 0 heterocycles. The van der Waals surface area contributed by atoms with Crippen LogP contribution in [0.25, 0.3) is 0 Å². The fourth-order valence-corrected chi connectivity index (χ4v) is 2.10. The van der Waals surface area contributed by atoms with Crippen LogP contribution in [0.2, 0.25) is 0 Å². The molecule has 0 bridgehead atoms. The molecule has 0 aliphatic rings. The molecule has 0 amide bonds. The zero-order chi connectivity index (χ0) is 12.5. The van der Waals surface area contributed by atoms with E-state index in [-0.39, 0.29) is 6.04 Å². The van der Waals surface area contributed by atoms with Gasteiger partial charge in [0.2, 0.25) is 0 Å². The summed E-state index contributed by atoms with van der Waals surface area (Å²) in [6.45, 7) is 5.96. The van der Waals surface area contributed by atoms with Gasteiger partial charge in [-0.1, -0.05) is 56.2 Å². The van der Waals surface area contributed by atoms with Crippen molar-refractivity contribution in [2.75, 3.05) is 0 Å². The third-order valence-corrected chi connectivity index (χ3v) is 3.41. The quantitative estimate of drug-likeness (QED) is 0.525. The number of hydrogen-bond donors (Lipinski definition) is 1. The molecule has 0 radical (unpaired) electrons. The van der Waals surface area contributed by atoms with Gasteiger partial charge < -0.3 is 5.73 Å². The fraction of sp³-hybridized carbons (Fsp3) is 0.500. The summed E-state index contributed by atoms with van der Waals surface area (Å²) >= 11 is 0. The molecule has 0 saturated heterocycles. The minimum absolute atomic E-state index is 0.279. The van der Waals surface area contributed by atoms with Gasteiger partial charge in [0.25, 0.3) is 0 Å². The van der Waals surface area contributed by atoms with Crippen molar-refractivity contribution in [2.24, 2.45) is 5.73 Å². The van der Waals surface area contributed by atoms with Gasteiger partial charge in [-0.25, -0.2) is 0 Å². The van der Waals surface area contributed by atoms with Gasteiger partial charge in [0.1, 0.15) is 0 Å². The maximum absolute atomic E-state index is 6.24. The van der Waals surface area contributed by atoms with Crippen LogP contribution in [0.3, 0.4) is 0 Å². The molecule has 0 fully saturated rings. The minimum Gasteiger partial charge on any atom is -0.327 e. The van der Waals surface area contributed by atoms with Crippen LogP contribution in [-0.4, -0.2) is 6.04 Å². The lowest BCUT2D eigenvalue weighted by Gasteiger charge is -2.20. The van der Waals surface area contributed by atoms with Gasteiger partial charge in [-0.3, -0.25) is 0 Å². The maximum Gasteiger partial charge on any atom is 0.0105 e. The third-order valence-electron chi connectivity index (χ3n) is 3.41. The molecule has 2 unspecified atom stereocenters. The van der Waals surface area contributed by atoms with Gasteiger partial charge in [-0.2, -0.15) is 0 Å². The predicted octanol–water partition coefficient (Wildman–Crippen LogP) is 4.25. The van der Waals surface area contributed by atoms with Crippen molar-refractivity contribution in [3.8, 4) is 0 Å². The fourth-order valence-electron chi connectivity index (χ4n) is 2.10. The maximum atomic E-state index is 6.24. The van der Waals surface area contributed by atoms with Crippen molar-refractivity contribution in [3.63, 3.8) is 0 Å². The molecule has 0 aliphatic carbocycles. The molecule has 0 spiro atoms. The second-order valence-corrected chi connectivity index (χ2v) is 4.79. The second-order valence-electron chi connectivity index (χ2n) is 4.79. The van der Waals surface area contributed by atoms with Crippen molar-refractivity contribution >= 4 is 0 Å². The molecular weight excluding hydrogens is 206 g/mol. The van der Waals surface area contributed by atoms with Gasteiger partial charge in [-0.05, 0) is 30.7 Å². The predicted molar refractivity (Wildman–Crippen MR) is 76.1 cm³/mol. The Morgan fingerprint density at radius 2 is 1.88 bits per heavy atom. The lowest BCUT2D eigenvalue weighted by atomic mass is 9.90. The summed E-state index contributed by atoms with van der Waals surface area (Å²) in [5.41, 5.74) is 7.60. The highest BCUT2D eigenvalue weighted by atomic mass is 14.6. The van der Waals surface area contributed by atoms with Crippen LogP contribution in [0.5, 0.6) is 0 Å². The van der Waals surface area contributed by atoms with Crippen LogP contribution in [0.1, 0.15) is 50.5 Å². The first-order valence-electron chi connectivity index (χ1n) is 6.67. The van der Waals surface area contributed by atoms with Crippen LogP contribution >= 0.6 is 0 Å². The average Bonchev–Trinajstić information content (AvgIpc) is 2.38. The van der Waals surface area contributed by atoms with Crippen LogP contribution in [-0.2, 0) is 0 Å². The Hall–Kier alpha value is -1.08. The van der Waals surface area contributed by atoms with E-state index in [0.717, 1.165) is 12.8 Å². The molecule has 0 aromatic heterocycles. The first-order valence-corrected chi connectivity index (χ1v) is 6.67. The first kappa shape index (κ1) is 14.0. The Labute approximate surface area is 106 Å². The van der Waals surface area contributed by atoms with E-state index in [1.165, 1.54) is 24.8 Å². The topological polar surface area (TPSA) is 26.0 Å². The molecular formula is C16H25N. The van der Waals surface area contributed by atoms with E-state index >= 15 is 0 Å². The summed E-state index contributed by atoms with van der Waals surface area (Å²) in [6, 6.07) is 10.8. The van der Waals surface area contributed by atoms with Crippen molar-refractivity contribution in [2.45, 2.75) is 51.0 Å². The molecule has 1 aromatic rings. The third kappa shape index (κ3) is 5.18. The summed E-state index contributed by atoms with van der Waals surface area (Å²) in [5, 5.41) is 0. The van der Waals surface area contributed by atoms with Crippen molar-refractivity contribution < 1.29 is 0 Å². The van der Waals surface area contributed by atoms with E-state index in [0.29, 0.717) is 5.92 Å². The molecule has 2 N–H and O–H groups in total. The van der Waals surface area contributed by atoms with Gasteiger partial charge in [0.05, 0.1) is 0 Å². The molecule has 1 aromatic carbocycles. The summed E-state index contributed by atoms with van der Waals surface area (Å²) in [4.78, 5) is 0. The van der Waals surface area contributed by atoms with Gasteiger partial charge >= 0.3 is 0 Å². The molecule has 17 heavy (non-hydrogen) atoms. The lowest BCUT2D eigenvalue weighted by Crippen LogP contribution is -2.26. The van der Waals surface area contributed by atoms with E-state index in [4.69, 9.17) is 5.73 Å². The normalized spacial score (nSPS) is 14.2. The Morgan fingerprint density at radius 1 is 1.18 bits per heavy atom. The summed E-state index contributed by atoms with van der Waals surface area (Å²) < 4.78 is 0. The van der Waals surface area contributed by atoms with Crippen molar-refractivity contribution in [1.29, 1.82) is 0 Å². The molecule has 1 nitrogen and oxygen atoms in total. The molecule has 94 valence electrons. The van der Waals surface area contributed by atoms with Crippen LogP contribution in [0.15, 0.2) is 43.0 Å². The number of nitrogens with two attached hydrogens (primary N) is 1. The van der Waals surface area contributed by atoms with E-state index in [9.17, 15) is 0 Å². The smallest absolute Gasteiger partial charge is 0.0105 e. The SMILES string of the molecule is C=CCCCCCC(N)C(C)c1ccccc1. The summed E-state index contributed by atoms with van der Waals surface area (Å²) in [5.74, 6) is 0.454. The minimum atomic E-state index is 0.279. The van der Waals surface area contributed by atoms with E-state index in [2.05, 4.69) is 43.8 Å². The number of hydrogen-bond acceptors (Lipinski definition) is 1. The first-order chi connectivity index (χ1) is 8.25. The largest absolute Gasteiger partial charge is 0.327 e. The highest BCUT2D eigenvalue weighted by molar-refractivity contribution is 5.20. The highest BCUT2D eigenvalue weighted by Gasteiger charge is 2.13. The lowest BCUT2D eigenvalue weighted by molar-refractivity contribution is 0.495. The van der Waals surface area contributed by atoms with E-state index < -0.39 is 0 Å². The van der Waals surface area contributed by atoms with Gasteiger partial charge in [0.15, 0.2) is 0 Å². The van der Waals surface area contributed by atoms with Crippen LogP contribution in [0.4, 0.5) is 0 Å². The number of rotatable bonds is 8. The monoisotopic (exact) mass is 231 g/mol. The average molecular weight is 231 g/mol. The zero-order valence-corrected chi connectivity index (χ0v) is 10.9. The zero-order valence-electron chi connectivity index (χ0n) is 10.9. The summed E-state index contributed by atoms with van der Waals surface area (Å²) in [7, 11) is 0. The Bertz CT molecular complexity index is 305. The molecule has 0 saturated carbocycles. The number of allylic oxidation sites excluding steroid dienone is 1. The van der Waals surface area contributed by atoms with E-state index in [1.54, 1.807) is 0 Å². The van der Waals surface area contributed by atoms with Crippen LogP contribution in [0, 0.1) is 0 Å². The van der Waals surface area contributed by atoms with E-state index in [1.807, 2.05) is 6.08 Å².